The van der Waals surface area contributed by atoms with Gasteiger partial charge in [-0.1, -0.05) is 12.1 Å². The zero-order chi connectivity index (χ0) is 14.5. The van der Waals surface area contributed by atoms with E-state index in [4.69, 9.17) is 22.1 Å². The summed E-state index contributed by atoms with van der Waals surface area (Å²) < 4.78 is 5.06. The minimum Gasteiger partial charge on any atom is -0.497 e. The number of amides is 1. The summed E-state index contributed by atoms with van der Waals surface area (Å²) >= 11 is 5.58. The van der Waals surface area contributed by atoms with Crippen molar-refractivity contribution in [3.05, 3.63) is 46.9 Å². The van der Waals surface area contributed by atoms with Gasteiger partial charge in [0.05, 0.1) is 12.7 Å². The summed E-state index contributed by atoms with van der Waals surface area (Å²) in [6.45, 7) is 0.366. The van der Waals surface area contributed by atoms with Crippen molar-refractivity contribution in [3.8, 4) is 5.75 Å². The molecule has 0 aliphatic rings. The number of nitrogens with one attached hydrogen (secondary N) is 1. The van der Waals surface area contributed by atoms with Crippen LogP contribution in [-0.2, 0) is 6.54 Å². The molecule has 6 nitrogen and oxygen atoms in total. The van der Waals surface area contributed by atoms with Crippen LogP contribution in [0.4, 0.5) is 5.82 Å². The first-order valence-electron chi connectivity index (χ1n) is 5.79. The number of anilines is 1. The molecule has 0 atom stereocenters. The van der Waals surface area contributed by atoms with Gasteiger partial charge in [0.15, 0.2) is 0 Å². The first-order chi connectivity index (χ1) is 9.60. The zero-order valence-corrected chi connectivity index (χ0v) is 11.5. The Kier molecular flexibility index (Phi) is 4.37. The fourth-order valence-electron chi connectivity index (χ4n) is 1.57. The SMILES string of the molecule is COc1ccc(CNC(=O)c2cnc(Cl)nc2N)cc1. The zero-order valence-electron chi connectivity index (χ0n) is 10.8. The van der Waals surface area contributed by atoms with E-state index in [1.54, 1.807) is 7.11 Å². The smallest absolute Gasteiger partial charge is 0.256 e. The Labute approximate surface area is 120 Å². The van der Waals surface area contributed by atoms with E-state index in [0.717, 1.165) is 11.3 Å². The number of hydrogen-bond acceptors (Lipinski definition) is 5. The second-order valence-electron chi connectivity index (χ2n) is 3.97. The summed E-state index contributed by atoms with van der Waals surface area (Å²) in [6.07, 6.45) is 1.30. The van der Waals surface area contributed by atoms with Crippen molar-refractivity contribution in [1.82, 2.24) is 15.3 Å². The predicted molar refractivity (Wildman–Crippen MR) is 75.6 cm³/mol. The minimum absolute atomic E-state index is 0.00852. The Hall–Kier alpha value is -2.34. The molecule has 0 aliphatic carbocycles. The van der Waals surface area contributed by atoms with Crippen molar-refractivity contribution in [2.24, 2.45) is 0 Å². The van der Waals surface area contributed by atoms with E-state index in [9.17, 15) is 4.79 Å². The van der Waals surface area contributed by atoms with Crippen LogP contribution in [0.15, 0.2) is 30.5 Å². The summed E-state index contributed by atoms with van der Waals surface area (Å²) in [4.78, 5) is 19.4. The number of hydrogen-bond donors (Lipinski definition) is 2. The molecule has 0 aliphatic heterocycles. The summed E-state index contributed by atoms with van der Waals surface area (Å²) in [5, 5.41) is 2.74. The van der Waals surface area contributed by atoms with E-state index in [0.29, 0.717) is 6.54 Å². The number of benzene rings is 1. The highest BCUT2D eigenvalue weighted by Crippen LogP contribution is 2.12. The van der Waals surface area contributed by atoms with Crippen molar-refractivity contribution < 1.29 is 9.53 Å². The highest BCUT2D eigenvalue weighted by atomic mass is 35.5. The van der Waals surface area contributed by atoms with Crippen molar-refractivity contribution >= 4 is 23.3 Å². The lowest BCUT2D eigenvalue weighted by Gasteiger charge is -2.07. The Morgan fingerprint density at radius 2 is 2.10 bits per heavy atom. The molecular formula is C13H13ClN4O2. The van der Waals surface area contributed by atoms with E-state index in [1.165, 1.54) is 6.20 Å². The lowest BCUT2D eigenvalue weighted by atomic mass is 10.2. The largest absolute Gasteiger partial charge is 0.497 e. The van der Waals surface area contributed by atoms with E-state index in [-0.39, 0.29) is 22.6 Å². The molecule has 7 heteroatoms. The second kappa shape index (κ2) is 6.21. The van der Waals surface area contributed by atoms with Crippen LogP contribution in [0, 0.1) is 0 Å². The minimum atomic E-state index is -0.352. The van der Waals surface area contributed by atoms with Gasteiger partial charge < -0.3 is 15.8 Å². The van der Waals surface area contributed by atoms with Crippen LogP contribution in [0.25, 0.3) is 0 Å². The van der Waals surface area contributed by atoms with Crippen LogP contribution in [0.3, 0.4) is 0 Å². The predicted octanol–water partition coefficient (Wildman–Crippen LogP) is 1.65. The molecule has 0 radical (unpaired) electrons. The number of rotatable bonds is 4. The molecule has 0 fully saturated rings. The molecule has 0 saturated carbocycles. The number of methoxy groups -OCH3 is 1. The number of aromatic nitrogens is 2. The van der Waals surface area contributed by atoms with Gasteiger partial charge in [-0.25, -0.2) is 9.97 Å². The van der Waals surface area contributed by atoms with Gasteiger partial charge in [0.1, 0.15) is 11.6 Å². The van der Waals surface area contributed by atoms with Gasteiger partial charge in [0.25, 0.3) is 5.91 Å². The quantitative estimate of drug-likeness (QED) is 0.836. The molecule has 2 rings (SSSR count). The fraction of sp³-hybridized carbons (Fsp3) is 0.154. The third-order valence-corrected chi connectivity index (χ3v) is 2.83. The molecule has 1 aromatic carbocycles. The highest BCUT2D eigenvalue weighted by molar-refractivity contribution is 6.28. The summed E-state index contributed by atoms with van der Waals surface area (Å²) in [5.41, 5.74) is 6.75. The molecule has 3 N–H and O–H groups in total. The average Bonchev–Trinajstić information content (AvgIpc) is 2.45. The lowest BCUT2D eigenvalue weighted by Crippen LogP contribution is -2.24. The number of halogens is 1. The lowest BCUT2D eigenvalue weighted by molar-refractivity contribution is 0.0951. The first kappa shape index (κ1) is 14.1. The molecule has 0 bridgehead atoms. The third-order valence-electron chi connectivity index (χ3n) is 2.65. The molecule has 104 valence electrons. The second-order valence-corrected chi connectivity index (χ2v) is 4.31. The Morgan fingerprint density at radius 3 is 2.70 bits per heavy atom. The number of ether oxygens (including phenoxy) is 1. The molecule has 0 spiro atoms. The molecule has 1 amide bonds. The summed E-state index contributed by atoms with van der Waals surface area (Å²) in [7, 11) is 1.60. The van der Waals surface area contributed by atoms with Crippen LogP contribution in [0.5, 0.6) is 5.75 Å². The molecule has 2 aromatic rings. The van der Waals surface area contributed by atoms with E-state index in [2.05, 4.69) is 15.3 Å². The van der Waals surface area contributed by atoms with E-state index >= 15 is 0 Å². The molecule has 1 aromatic heterocycles. The van der Waals surface area contributed by atoms with Crippen LogP contribution in [-0.4, -0.2) is 23.0 Å². The highest BCUT2D eigenvalue weighted by Gasteiger charge is 2.11. The monoisotopic (exact) mass is 292 g/mol. The van der Waals surface area contributed by atoms with Crippen molar-refractivity contribution in [2.75, 3.05) is 12.8 Å². The molecule has 1 heterocycles. The molecule has 20 heavy (non-hydrogen) atoms. The van der Waals surface area contributed by atoms with Crippen LogP contribution in [0.1, 0.15) is 15.9 Å². The number of nitrogens with zero attached hydrogens (tertiary/aromatic N) is 2. The van der Waals surface area contributed by atoms with Gasteiger partial charge in [0.2, 0.25) is 5.28 Å². The van der Waals surface area contributed by atoms with Gasteiger partial charge >= 0.3 is 0 Å². The van der Waals surface area contributed by atoms with E-state index in [1.807, 2.05) is 24.3 Å². The molecule has 0 unspecified atom stereocenters. The Morgan fingerprint density at radius 1 is 1.40 bits per heavy atom. The third kappa shape index (κ3) is 3.36. The standard InChI is InChI=1S/C13H13ClN4O2/c1-20-9-4-2-8(3-5-9)6-16-12(19)10-7-17-13(14)18-11(10)15/h2-5,7H,6H2,1H3,(H,16,19)(H2,15,17,18). The van der Waals surface area contributed by atoms with Gasteiger partial charge in [0, 0.05) is 12.7 Å². The normalized spacial score (nSPS) is 10.1. The van der Waals surface area contributed by atoms with Crippen molar-refractivity contribution in [3.63, 3.8) is 0 Å². The van der Waals surface area contributed by atoms with Gasteiger partial charge in [-0.15, -0.1) is 0 Å². The number of carbonyl (C=O) groups excluding carboxylic acids is 1. The van der Waals surface area contributed by atoms with Crippen molar-refractivity contribution in [2.45, 2.75) is 6.54 Å². The Bertz CT molecular complexity index is 616. The van der Waals surface area contributed by atoms with Crippen LogP contribution in [0.2, 0.25) is 5.28 Å². The maximum Gasteiger partial charge on any atom is 0.256 e. The van der Waals surface area contributed by atoms with E-state index < -0.39 is 0 Å². The number of nitrogens with two attached hydrogens (primary N) is 1. The first-order valence-corrected chi connectivity index (χ1v) is 6.17. The average molecular weight is 293 g/mol. The van der Waals surface area contributed by atoms with Crippen molar-refractivity contribution in [1.29, 1.82) is 0 Å². The summed E-state index contributed by atoms with van der Waals surface area (Å²) in [5.74, 6) is 0.461. The molecule has 0 saturated heterocycles. The fourth-order valence-corrected chi connectivity index (χ4v) is 1.71. The summed E-state index contributed by atoms with van der Waals surface area (Å²) in [6, 6.07) is 7.37. The Balaban J connectivity index is 2.00. The number of nitrogen functional groups attached to an aromatic ring is 1. The van der Waals surface area contributed by atoms with Crippen LogP contribution >= 0.6 is 11.6 Å². The van der Waals surface area contributed by atoms with Gasteiger partial charge in [-0.3, -0.25) is 4.79 Å². The molecular weight excluding hydrogens is 280 g/mol. The topological polar surface area (TPSA) is 90.1 Å². The van der Waals surface area contributed by atoms with Crippen LogP contribution < -0.4 is 15.8 Å². The maximum absolute atomic E-state index is 11.9. The maximum atomic E-state index is 11.9. The van der Waals surface area contributed by atoms with Gasteiger partial charge in [-0.05, 0) is 29.3 Å². The van der Waals surface area contributed by atoms with Gasteiger partial charge in [-0.2, -0.15) is 0 Å². The number of carbonyl (C=O) groups is 1.